The maximum Gasteiger partial charge on any atom is 0.137 e. The van der Waals surface area contributed by atoms with Crippen molar-refractivity contribution in [2.24, 2.45) is 0 Å². The number of hydrogen-bond donors (Lipinski definition) is 1. The smallest absolute Gasteiger partial charge is 0.137 e. The first-order chi connectivity index (χ1) is 10.0. The molecule has 0 aliphatic rings. The zero-order valence-corrected chi connectivity index (χ0v) is 12.7. The summed E-state index contributed by atoms with van der Waals surface area (Å²) < 4.78 is 5.84. The fourth-order valence-corrected chi connectivity index (χ4v) is 2.65. The van der Waals surface area contributed by atoms with Gasteiger partial charge in [0, 0.05) is 11.8 Å². The molecule has 2 heteroatoms. The van der Waals surface area contributed by atoms with Crippen LogP contribution in [-0.2, 0) is 6.42 Å². The first-order valence-electron chi connectivity index (χ1n) is 7.28. The standard InChI is InChI=1S/C19H20O2/c1-12-7-8-15(9-14(12)3)10-17(20)18-11-16-6-4-5-13(2)19(16)21-18/h4-9,11,17,20H,10H2,1-3H3. The van der Waals surface area contributed by atoms with Crippen LogP contribution < -0.4 is 0 Å². The zero-order chi connectivity index (χ0) is 15.0. The molecular formula is C19H20O2. The number of para-hydroxylation sites is 1. The molecule has 0 saturated carbocycles. The minimum absolute atomic E-state index is 0.569. The Morgan fingerprint density at radius 2 is 1.76 bits per heavy atom. The van der Waals surface area contributed by atoms with Gasteiger partial charge in [0.05, 0.1) is 0 Å². The summed E-state index contributed by atoms with van der Waals surface area (Å²) in [5, 5.41) is 11.5. The van der Waals surface area contributed by atoms with Crippen LogP contribution in [0.2, 0.25) is 0 Å². The van der Waals surface area contributed by atoms with E-state index in [2.05, 4.69) is 32.0 Å². The van der Waals surface area contributed by atoms with Crippen LogP contribution in [0.4, 0.5) is 0 Å². The zero-order valence-electron chi connectivity index (χ0n) is 12.7. The fourth-order valence-electron chi connectivity index (χ4n) is 2.65. The average Bonchev–Trinajstić information content (AvgIpc) is 2.89. The van der Waals surface area contributed by atoms with Gasteiger partial charge in [0.2, 0.25) is 0 Å². The summed E-state index contributed by atoms with van der Waals surface area (Å²) in [5.74, 6) is 0.637. The molecule has 0 amide bonds. The van der Waals surface area contributed by atoms with Crippen molar-refractivity contribution in [3.05, 3.63) is 70.5 Å². The number of aliphatic hydroxyl groups is 1. The Hall–Kier alpha value is -2.06. The molecule has 0 aliphatic carbocycles. The first-order valence-corrected chi connectivity index (χ1v) is 7.28. The molecular weight excluding hydrogens is 260 g/mol. The lowest BCUT2D eigenvalue weighted by Gasteiger charge is -2.09. The van der Waals surface area contributed by atoms with Gasteiger partial charge in [-0.05, 0) is 49.1 Å². The van der Waals surface area contributed by atoms with E-state index in [0.29, 0.717) is 12.2 Å². The molecule has 3 rings (SSSR count). The molecule has 0 saturated heterocycles. The van der Waals surface area contributed by atoms with Crippen LogP contribution in [0.1, 0.15) is 34.1 Å². The van der Waals surface area contributed by atoms with Crippen molar-refractivity contribution in [3.63, 3.8) is 0 Å². The monoisotopic (exact) mass is 280 g/mol. The topological polar surface area (TPSA) is 33.4 Å². The number of aliphatic hydroxyl groups excluding tert-OH is 1. The van der Waals surface area contributed by atoms with Crippen LogP contribution >= 0.6 is 0 Å². The summed E-state index contributed by atoms with van der Waals surface area (Å²) in [6.45, 7) is 6.21. The molecule has 21 heavy (non-hydrogen) atoms. The molecule has 2 nitrogen and oxygen atoms in total. The molecule has 108 valence electrons. The summed E-state index contributed by atoms with van der Waals surface area (Å²) in [5.41, 5.74) is 5.61. The molecule has 1 aromatic heterocycles. The van der Waals surface area contributed by atoms with E-state index in [9.17, 15) is 5.11 Å². The molecule has 1 atom stereocenters. The van der Waals surface area contributed by atoms with Gasteiger partial charge in [-0.1, -0.05) is 36.4 Å². The largest absolute Gasteiger partial charge is 0.458 e. The number of rotatable bonds is 3. The highest BCUT2D eigenvalue weighted by Crippen LogP contribution is 2.28. The van der Waals surface area contributed by atoms with Crippen molar-refractivity contribution < 1.29 is 9.52 Å². The number of aryl methyl sites for hydroxylation is 3. The Morgan fingerprint density at radius 1 is 0.952 bits per heavy atom. The van der Waals surface area contributed by atoms with Crippen molar-refractivity contribution >= 4 is 11.0 Å². The molecule has 1 heterocycles. The fraction of sp³-hybridized carbons (Fsp3) is 0.263. The van der Waals surface area contributed by atoms with Gasteiger partial charge in [-0.3, -0.25) is 0 Å². The van der Waals surface area contributed by atoms with E-state index in [1.807, 2.05) is 31.2 Å². The number of fused-ring (bicyclic) bond motifs is 1. The predicted molar refractivity (Wildman–Crippen MR) is 85.5 cm³/mol. The molecule has 2 aromatic carbocycles. The second kappa shape index (κ2) is 5.38. The van der Waals surface area contributed by atoms with Crippen LogP contribution in [0.15, 0.2) is 46.9 Å². The normalized spacial score (nSPS) is 12.8. The second-order valence-corrected chi connectivity index (χ2v) is 5.78. The average molecular weight is 280 g/mol. The molecule has 0 bridgehead atoms. The van der Waals surface area contributed by atoms with Gasteiger partial charge in [0.25, 0.3) is 0 Å². The third-order valence-corrected chi connectivity index (χ3v) is 4.09. The van der Waals surface area contributed by atoms with Gasteiger partial charge in [-0.2, -0.15) is 0 Å². The van der Waals surface area contributed by atoms with Crippen LogP contribution in [0.5, 0.6) is 0 Å². The molecule has 1 unspecified atom stereocenters. The maximum atomic E-state index is 10.4. The third-order valence-electron chi connectivity index (χ3n) is 4.09. The molecule has 0 spiro atoms. The van der Waals surface area contributed by atoms with E-state index in [1.54, 1.807) is 0 Å². The predicted octanol–water partition coefficient (Wildman–Crippen LogP) is 4.63. The number of furan rings is 1. The van der Waals surface area contributed by atoms with Gasteiger partial charge in [0.15, 0.2) is 0 Å². The molecule has 0 fully saturated rings. The third kappa shape index (κ3) is 2.72. The SMILES string of the molecule is Cc1ccc(CC(O)c2cc3cccc(C)c3o2)cc1C. The molecule has 3 aromatic rings. The summed E-state index contributed by atoms with van der Waals surface area (Å²) in [6.07, 6.45) is -0.0427. The summed E-state index contributed by atoms with van der Waals surface area (Å²) >= 11 is 0. The Morgan fingerprint density at radius 3 is 2.48 bits per heavy atom. The van der Waals surface area contributed by atoms with E-state index >= 15 is 0 Å². The Bertz CT molecular complexity index is 783. The van der Waals surface area contributed by atoms with Crippen molar-refractivity contribution in [1.29, 1.82) is 0 Å². The number of hydrogen-bond acceptors (Lipinski definition) is 2. The van der Waals surface area contributed by atoms with Gasteiger partial charge < -0.3 is 9.52 Å². The lowest BCUT2D eigenvalue weighted by molar-refractivity contribution is 0.152. The van der Waals surface area contributed by atoms with Gasteiger partial charge in [-0.25, -0.2) is 0 Å². The Balaban J connectivity index is 1.87. The highest BCUT2D eigenvalue weighted by atomic mass is 16.4. The minimum atomic E-state index is -0.612. The van der Waals surface area contributed by atoms with Crippen LogP contribution in [0.3, 0.4) is 0 Å². The second-order valence-electron chi connectivity index (χ2n) is 5.78. The van der Waals surface area contributed by atoms with Crippen molar-refractivity contribution in [2.45, 2.75) is 33.3 Å². The van der Waals surface area contributed by atoms with Gasteiger partial charge in [-0.15, -0.1) is 0 Å². The molecule has 1 N–H and O–H groups in total. The highest BCUT2D eigenvalue weighted by molar-refractivity contribution is 5.80. The maximum absolute atomic E-state index is 10.4. The number of benzene rings is 2. The van der Waals surface area contributed by atoms with Crippen LogP contribution in [0, 0.1) is 20.8 Å². The van der Waals surface area contributed by atoms with Crippen molar-refractivity contribution in [2.75, 3.05) is 0 Å². The molecule has 0 aliphatic heterocycles. The van der Waals surface area contributed by atoms with Gasteiger partial charge >= 0.3 is 0 Å². The summed E-state index contributed by atoms with van der Waals surface area (Å²) in [6, 6.07) is 14.3. The van der Waals surface area contributed by atoms with E-state index < -0.39 is 6.10 Å². The summed E-state index contributed by atoms with van der Waals surface area (Å²) in [7, 11) is 0. The van der Waals surface area contributed by atoms with E-state index in [4.69, 9.17) is 4.42 Å². The van der Waals surface area contributed by atoms with E-state index in [1.165, 1.54) is 11.1 Å². The quantitative estimate of drug-likeness (QED) is 0.758. The highest BCUT2D eigenvalue weighted by Gasteiger charge is 2.15. The first kappa shape index (κ1) is 13.9. The van der Waals surface area contributed by atoms with Crippen LogP contribution in [0.25, 0.3) is 11.0 Å². The Labute approximate surface area is 125 Å². The van der Waals surface area contributed by atoms with Gasteiger partial charge in [0.1, 0.15) is 17.4 Å². The lowest BCUT2D eigenvalue weighted by Crippen LogP contribution is -2.01. The minimum Gasteiger partial charge on any atom is -0.458 e. The van der Waals surface area contributed by atoms with Crippen LogP contribution in [-0.4, -0.2) is 5.11 Å². The van der Waals surface area contributed by atoms with E-state index in [0.717, 1.165) is 22.1 Å². The lowest BCUT2D eigenvalue weighted by atomic mass is 10.0. The Kier molecular flexibility index (Phi) is 3.56. The van der Waals surface area contributed by atoms with E-state index in [-0.39, 0.29) is 0 Å². The van der Waals surface area contributed by atoms with Crippen molar-refractivity contribution in [3.8, 4) is 0 Å². The van der Waals surface area contributed by atoms with Crippen molar-refractivity contribution in [1.82, 2.24) is 0 Å². The summed E-state index contributed by atoms with van der Waals surface area (Å²) in [4.78, 5) is 0. The molecule has 0 radical (unpaired) electrons.